The largest absolute Gasteiger partial charge is 0.748 e. The number of rotatable bonds is 10. The Hall–Kier alpha value is -2.28. The van der Waals surface area contributed by atoms with E-state index in [4.69, 9.17) is 0 Å². The molecule has 0 bridgehead atoms. The zero-order valence-corrected chi connectivity index (χ0v) is 17.0. The second kappa shape index (κ2) is 10.9. The third-order valence-corrected chi connectivity index (χ3v) is 5.04. The van der Waals surface area contributed by atoms with E-state index in [1.165, 1.54) is 0 Å². The lowest BCUT2D eigenvalue weighted by atomic mass is 10.5. The number of aromatic nitrogens is 4. The predicted molar refractivity (Wildman–Crippen MR) is 100 cm³/mol. The summed E-state index contributed by atoms with van der Waals surface area (Å²) in [7, 11) is -8.17. The molecule has 2 heterocycles. The van der Waals surface area contributed by atoms with Crippen LogP contribution in [-0.4, -0.2) is 46.6 Å². The molecule has 156 valence electrons. The van der Waals surface area contributed by atoms with E-state index in [1.54, 1.807) is 68.1 Å². The van der Waals surface area contributed by atoms with Crippen LogP contribution < -0.4 is 9.13 Å². The maximum atomic E-state index is 10.3. The fourth-order valence-corrected chi connectivity index (χ4v) is 3.12. The van der Waals surface area contributed by atoms with Gasteiger partial charge in [0.05, 0.1) is 45.7 Å². The minimum Gasteiger partial charge on any atom is -0.748 e. The average Bonchev–Trinajstić information content (AvgIpc) is 3.22. The zero-order chi connectivity index (χ0) is 21.2. The maximum Gasteiger partial charge on any atom is 0.248 e. The van der Waals surface area contributed by atoms with Gasteiger partial charge in [0.2, 0.25) is 12.7 Å². The SMILES string of the molecule is C=Cn1cc[n+](CCCS(=O)(=O)[O-])c1.C=Cn1cc[n+](CCCS(=O)(=O)[O-])c1. The van der Waals surface area contributed by atoms with Crippen molar-refractivity contribution in [3.63, 3.8) is 0 Å². The molecule has 0 aliphatic heterocycles. The zero-order valence-electron chi connectivity index (χ0n) is 15.3. The Bertz CT molecular complexity index is 896. The highest BCUT2D eigenvalue weighted by Crippen LogP contribution is 1.90. The van der Waals surface area contributed by atoms with Gasteiger partial charge in [-0.3, -0.25) is 0 Å². The summed E-state index contributed by atoms with van der Waals surface area (Å²) in [6.45, 7) is 8.17. The normalized spacial score (nSPS) is 11.5. The van der Waals surface area contributed by atoms with Crippen LogP contribution >= 0.6 is 0 Å². The van der Waals surface area contributed by atoms with Crippen LogP contribution in [0.25, 0.3) is 12.4 Å². The van der Waals surface area contributed by atoms with Crippen molar-refractivity contribution >= 4 is 32.6 Å². The van der Waals surface area contributed by atoms with E-state index in [-0.39, 0.29) is 11.5 Å². The summed E-state index contributed by atoms with van der Waals surface area (Å²) in [6, 6.07) is 0. The molecule has 0 radical (unpaired) electrons. The number of hydrogen-bond acceptors (Lipinski definition) is 6. The van der Waals surface area contributed by atoms with Gasteiger partial charge in [0, 0.05) is 11.5 Å². The van der Waals surface area contributed by atoms with Crippen LogP contribution in [-0.2, 0) is 33.3 Å². The molecule has 0 fully saturated rings. The number of nitrogens with zero attached hydrogens (tertiary/aromatic N) is 4. The topological polar surface area (TPSA) is 132 Å². The molecule has 0 amide bonds. The van der Waals surface area contributed by atoms with E-state index in [0.29, 0.717) is 25.9 Å². The first kappa shape index (κ1) is 23.8. The van der Waals surface area contributed by atoms with Gasteiger partial charge >= 0.3 is 0 Å². The second-order valence-electron chi connectivity index (χ2n) is 5.79. The molecule has 0 unspecified atom stereocenters. The van der Waals surface area contributed by atoms with Gasteiger partial charge in [0.1, 0.15) is 24.8 Å². The van der Waals surface area contributed by atoms with E-state index in [0.717, 1.165) is 0 Å². The van der Waals surface area contributed by atoms with E-state index >= 15 is 0 Å². The van der Waals surface area contributed by atoms with Crippen LogP contribution in [0, 0.1) is 0 Å². The van der Waals surface area contributed by atoms with Gasteiger partial charge in [-0.15, -0.1) is 0 Å². The van der Waals surface area contributed by atoms with E-state index in [2.05, 4.69) is 13.2 Å². The van der Waals surface area contributed by atoms with Crippen molar-refractivity contribution in [1.82, 2.24) is 9.13 Å². The van der Waals surface area contributed by atoms with Crippen LogP contribution in [0.15, 0.2) is 50.6 Å². The van der Waals surface area contributed by atoms with Crippen molar-refractivity contribution in [1.29, 1.82) is 0 Å². The number of hydrogen-bond donors (Lipinski definition) is 0. The molecular weight excluding hydrogens is 408 g/mol. The van der Waals surface area contributed by atoms with Crippen molar-refractivity contribution in [2.75, 3.05) is 11.5 Å². The van der Waals surface area contributed by atoms with Gasteiger partial charge in [-0.25, -0.2) is 35.1 Å². The molecule has 0 atom stereocenters. The van der Waals surface area contributed by atoms with Crippen LogP contribution in [0.5, 0.6) is 0 Å². The summed E-state index contributed by atoms with van der Waals surface area (Å²) in [5, 5.41) is 0. The highest BCUT2D eigenvalue weighted by Gasteiger charge is 2.03. The Morgan fingerprint density at radius 1 is 0.786 bits per heavy atom. The molecule has 0 aliphatic carbocycles. The van der Waals surface area contributed by atoms with Crippen molar-refractivity contribution in [3.05, 3.63) is 50.6 Å². The lowest BCUT2D eigenvalue weighted by Crippen LogP contribution is -2.31. The summed E-state index contributed by atoms with van der Waals surface area (Å²) >= 11 is 0. The predicted octanol–water partition coefficient (Wildman–Crippen LogP) is -0.377. The molecule has 0 spiro atoms. The average molecular weight is 433 g/mol. The first-order valence-corrected chi connectivity index (χ1v) is 11.4. The molecule has 2 rings (SSSR count). The fraction of sp³-hybridized carbons (Fsp3) is 0.375. The number of imidazole rings is 2. The molecule has 12 heteroatoms. The molecule has 0 saturated carbocycles. The minimum absolute atomic E-state index is 0.320. The number of aryl methyl sites for hydroxylation is 2. The van der Waals surface area contributed by atoms with Crippen LogP contribution in [0.4, 0.5) is 0 Å². The van der Waals surface area contributed by atoms with Gasteiger partial charge in [0.25, 0.3) is 0 Å². The fourth-order valence-electron chi connectivity index (χ4n) is 2.15. The molecule has 2 aromatic heterocycles. The van der Waals surface area contributed by atoms with Crippen molar-refractivity contribution in [3.8, 4) is 0 Å². The highest BCUT2D eigenvalue weighted by molar-refractivity contribution is 7.85. The van der Waals surface area contributed by atoms with Gasteiger partial charge < -0.3 is 9.11 Å². The Kier molecular flexibility index (Phi) is 9.25. The summed E-state index contributed by atoms with van der Waals surface area (Å²) < 4.78 is 68.9. The third kappa shape index (κ3) is 10.8. The monoisotopic (exact) mass is 432 g/mol. The molecule has 28 heavy (non-hydrogen) atoms. The molecule has 2 aromatic rings. The summed E-state index contributed by atoms with van der Waals surface area (Å²) in [6.07, 6.45) is 14.6. The third-order valence-electron chi connectivity index (χ3n) is 3.47. The van der Waals surface area contributed by atoms with Crippen molar-refractivity contribution < 1.29 is 35.1 Å². The summed E-state index contributed by atoms with van der Waals surface area (Å²) in [5.74, 6) is -0.640. The lowest BCUT2D eigenvalue weighted by Gasteiger charge is -2.03. The molecular formula is C16H24N4O6S2. The van der Waals surface area contributed by atoms with Gasteiger partial charge in [-0.1, -0.05) is 13.2 Å². The minimum atomic E-state index is -4.08. The van der Waals surface area contributed by atoms with Crippen LogP contribution in [0.2, 0.25) is 0 Å². The highest BCUT2D eigenvalue weighted by atomic mass is 32.2. The smallest absolute Gasteiger partial charge is 0.248 e. The Morgan fingerprint density at radius 3 is 1.39 bits per heavy atom. The summed E-state index contributed by atoms with van der Waals surface area (Å²) in [4.78, 5) is 0. The molecule has 0 aliphatic rings. The van der Waals surface area contributed by atoms with Gasteiger partial charge in [-0.05, 0) is 12.8 Å². The Labute approximate surface area is 165 Å². The van der Waals surface area contributed by atoms with Gasteiger partial charge in [0.15, 0.2) is 0 Å². The Morgan fingerprint density at radius 2 is 1.14 bits per heavy atom. The molecule has 10 nitrogen and oxygen atoms in total. The van der Waals surface area contributed by atoms with Crippen molar-refractivity contribution in [2.45, 2.75) is 25.9 Å². The van der Waals surface area contributed by atoms with E-state index < -0.39 is 20.2 Å². The Balaban J connectivity index is 0.000000280. The second-order valence-corrected chi connectivity index (χ2v) is 8.84. The van der Waals surface area contributed by atoms with Crippen LogP contribution in [0.3, 0.4) is 0 Å². The first-order valence-electron chi connectivity index (χ1n) is 8.27. The first-order chi connectivity index (χ1) is 13.0. The van der Waals surface area contributed by atoms with E-state index in [9.17, 15) is 25.9 Å². The maximum absolute atomic E-state index is 10.3. The van der Waals surface area contributed by atoms with E-state index in [1.807, 2.05) is 0 Å². The molecule has 0 aromatic carbocycles. The summed E-state index contributed by atoms with van der Waals surface area (Å²) in [5.41, 5.74) is 0. The standard InChI is InChI=1S/2C8H12N2O3S/c2*1-2-9-5-6-10(8-9)4-3-7-14(11,12)13/h2*2,5-6,8H,1,3-4,7H2. The van der Waals surface area contributed by atoms with Crippen LogP contribution in [0.1, 0.15) is 12.8 Å². The lowest BCUT2D eigenvalue weighted by molar-refractivity contribution is -0.696. The van der Waals surface area contributed by atoms with Crippen molar-refractivity contribution in [2.24, 2.45) is 0 Å². The quantitative estimate of drug-likeness (QED) is 0.371. The van der Waals surface area contributed by atoms with Gasteiger partial charge in [-0.2, -0.15) is 0 Å². The molecule has 0 saturated heterocycles. The molecule has 0 N–H and O–H groups in total.